The molecule has 0 rings (SSSR count). The third-order valence-electron chi connectivity index (χ3n) is 1.45. The van der Waals surface area contributed by atoms with Gasteiger partial charge < -0.3 is 0 Å². The average molecular weight is 196 g/mol. The van der Waals surface area contributed by atoms with E-state index < -0.39 is 7.82 Å². The number of phosphoric ester groups is 1. The topological polar surface area (TPSA) is 44.8 Å². The summed E-state index contributed by atoms with van der Waals surface area (Å²) < 4.78 is 25.7. The molecule has 0 amide bonds. The van der Waals surface area contributed by atoms with Crippen LogP contribution in [-0.4, -0.2) is 20.3 Å². The van der Waals surface area contributed by atoms with E-state index in [-0.39, 0.29) is 6.10 Å². The Morgan fingerprint density at radius 3 is 2.17 bits per heavy atom. The predicted octanol–water partition coefficient (Wildman–Crippen LogP) is 2.59. The van der Waals surface area contributed by atoms with Crippen LogP contribution in [0.15, 0.2) is 0 Å². The highest BCUT2D eigenvalue weighted by molar-refractivity contribution is 7.48. The highest BCUT2D eigenvalue weighted by atomic mass is 31.2. The second-order valence-electron chi connectivity index (χ2n) is 2.52. The Balaban J connectivity index is 3.94. The quantitative estimate of drug-likeness (QED) is 0.612. The zero-order valence-electron chi connectivity index (χ0n) is 8.07. The SMILES string of the molecule is CCCC(C)OP(=O)(OC)OC. The third-order valence-corrected chi connectivity index (χ3v) is 2.96. The molecule has 0 aliphatic carbocycles. The highest BCUT2D eigenvalue weighted by Gasteiger charge is 2.25. The summed E-state index contributed by atoms with van der Waals surface area (Å²) in [4.78, 5) is 0. The van der Waals surface area contributed by atoms with Crippen molar-refractivity contribution < 1.29 is 18.1 Å². The Hall–Kier alpha value is 0.110. The Kier molecular flexibility index (Phi) is 5.76. The molecule has 12 heavy (non-hydrogen) atoms. The molecule has 74 valence electrons. The lowest BCUT2D eigenvalue weighted by Gasteiger charge is -2.17. The Morgan fingerprint density at radius 1 is 1.33 bits per heavy atom. The number of phosphoric acid groups is 1. The normalized spacial score (nSPS) is 14.7. The van der Waals surface area contributed by atoms with Gasteiger partial charge in [-0.05, 0) is 13.3 Å². The summed E-state index contributed by atoms with van der Waals surface area (Å²) in [6, 6.07) is 0. The van der Waals surface area contributed by atoms with Crippen LogP contribution in [0.1, 0.15) is 26.7 Å². The van der Waals surface area contributed by atoms with Crippen LogP contribution < -0.4 is 0 Å². The standard InChI is InChI=1S/C7H17O4P/c1-5-6-7(2)11-12(8,9-3)10-4/h7H,5-6H2,1-4H3. The molecular formula is C7H17O4P. The van der Waals surface area contributed by atoms with Crippen molar-refractivity contribution in [2.45, 2.75) is 32.8 Å². The van der Waals surface area contributed by atoms with Gasteiger partial charge in [0, 0.05) is 14.2 Å². The second-order valence-corrected chi connectivity index (χ2v) is 4.35. The molecule has 4 nitrogen and oxygen atoms in total. The maximum absolute atomic E-state index is 11.4. The second kappa shape index (κ2) is 5.70. The van der Waals surface area contributed by atoms with Gasteiger partial charge in [-0.25, -0.2) is 4.57 Å². The largest absolute Gasteiger partial charge is 0.474 e. The zero-order valence-corrected chi connectivity index (χ0v) is 8.97. The van der Waals surface area contributed by atoms with Crippen molar-refractivity contribution in [3.63, 3.8) is 0 Å². The summed E-state index contributed by atoms with van der Waals surface area (Å²) in [6.07, 6.45) is 1.73. The van der Waals surface area contributed by atoms with Gasteiger partial charge in [0.25, 0.3) is 0 Å². The molecule has 0 spiro atoms. The summed E-state index contributed by atoms with van der Waals surface area (Å²) in [5.74, 6) is 0. The van der Waals surface area contributed by atoms with E-state index in [1.54, 1.807) is 0 Å². The van der Waals surface area contributed by atoms with Gasteiger partial charge in [0.1, 0.15) is 0 Å². The molecule has 0 aromatic rings. The molecule has 5 heteroatoms. The summed E-state index contributed by atoms with van der Waals surface area (Å²) >= 11 is 0. The minimum absolute atomic E-state index is 0.0965. The van der Waals surface area contributed by atoms with E-state index >= 15 is 0 Å². The molecule has 0 N–H and O–H groups in total. The minimum Gasteiger partial charge on any atom is -0.290 e. The highest BCUT2D eigenvalue weighted by Crippen LogP contribution is 2.49. The average Bonchev–Trinajstić information content (AvgIpc) is 2.05. The monoisotopic (exact) mass is 196 g/mol. The van der Waals surface area contributed by atoms with Crippen LogP contribution in [0.4, 0.5) is 0 Å². The first-order chi connectivity index (χ1) is 5.58. The Bertz CT molecular complexity index is 151. The molecule has 0 aromatic carbocycles. The van der Waals surface area contributed by atoms with Crippen LogP contribution in [-0.2, 0) is 18.1 Å². The fraction of sp³-hybridized carbons (Fsp3) is 1.00. The molecule has 0 radical (unpaired) electrons. The molecule has 0 saturated heterocycles. The van der Waals surface area contributed by atoms with Crippen molar-refractivity contribution in [1.82, 2.24) is 0 Å². The number of hydrogen-bond acceptors (Lipinski definition) is 4. The maximum Gasteiger partial charge on any atom is 0.474 e. The molecule has 0 aliphatic heterocycles. The molecule has 0 bridgehead atoms. The van der Waals surface area contributed by atoms with Crippen LogP contribution in [0.2, 0.25) is 0 Å². The van der Waals surface area contributed by atoms with Crippen LogP contribution in [0.3, 0.4) is 0 Å². The Morgan fingerprint density at radius 2 is 1.83 bits per heavy atom. The lowest BCUT2D eigenvalue weighted by Crippen LogP contribution is -2.07. The molecule has 0 fully saturated rings. The van der Waals surface area contributed by atoms with Gasteiger partial charge >= 0.3 is 7.82 Å². The van der Waals surface area contributed by atoms with E-state index in [9.17, 15) is 4.57 Å². The zero-order chi connectivity index (χ0) is 9.61. The molecule has 0 aliphatic rings. The van der Waals surface area contributed by atoms with Crippen LogP contribution in [0.5, 0.6) is 0 Å². The lowest BCUT2D eigenvalue weighted by atomic mass is 10.2. The van der Waals surface area contributed by atoms with Gasteiger partial charge in [0.2, 0.25) is 0 Å². The maximum atomic E-state index is 11.4. The fourth-order valence-corrected chi connectivity index (χ4v) is 1.71. The molecule has 1 unspecified atom stereocenters. The molecule has 0 heterocycles. The van der Waals surface area contributed by atoms with Crippen LogP contribution in [0.25, 0.3) is 0 Å². The van der Waals surface area contributed by atoms with Gasteiger partial charge in [-0.15, -0.1) is 0 Å². The van der Waals surface area contributed by atoms with Crippen molar-refractivity contribution in [3.05, 3.63) is 0 Å². The van der Waals surface area contributed by atoms with E-state index in [1.165, 1.54) is 14.2 Å². The van der Waals surface area contributed by atoms with E-state index in [0.717, 1.165) is 12.8 Å². The van der Waals surface area contributed by atoms with E-state index in [4.69, 9.17) is 4.52 Å². The first-order valence-electron chi connectivity index (χ1n) is 3.98. The fourth-order valence-electron chi connectivity index (χ4n) is 0.840. The van der Waals surface area contributed by atoms with Crippen molar-refractivity contribution in [1.29, 1.82) is 0 Å². The lowest BCUT2D eigenvalue weighted by molar-refractivity contribution is 0.109. The van der Waals surface area contributed by atoms with Crippen molar-refractivity contribution >= 4 is 7.82 Å². The van der Waals surface area contributed by atoms with Gasteiger partial charge in [-0.2, -0.15) is 0 Å². The van der Waals surface area contributed by atoms with Gasteiger partial charge in [0.15, 0.2) is 0 Å². The number of rotatable bonds is 6. The van der Waals surface area contributed by atoms with Gasteiger partial charge in [0.05, 0.1) is 6.10 Å². The minimum atomic E-state index is -3.27. The first-order valence-corrected chi connectivity index (χ1v) is 5.44. The van der Waals surface area contributed by atoms with Crippen molar-refractivity contribution in [2.75, 3.05) is 14.2 Å². The summed E-state index contributed by atoms with van der Waals surface area (Å²) in [6.45, 7) is 3.87. The van der Waals surface area contributed by atoms with Gasteiger partial charge in [-0.3, -0.25) is 13.6 Å². The molecule has 0 saturated carbocycles. The molecular weight excluding hydrogens is 179 g/mol. The van der Waals surface area contributed by atoms with Crippen LogP contribution in [0, 0.1) is 0 Å². The third kappa shape index (κ3) is 4.21. The predicted molar refractivity (Wildman–Crippen MR) is 47.1 cm³/mol. The first kappa shape index (κ1) is 12.1. The summed E-state index contributed by atoms with van der Waals surface area (Å²) in [7, 11) is -0.650. The molecule has 1 atom stereocenters. The van der Waals surface area contributed by atoms with E-state index in [1.807, 2.05) is 13.8 Å². The summed E-state index contributed by atoms with van der Waals surface area (Å²) in [5, 5.41) is 0. The van der Waals surface area contributed by atoms with Crippen molar-refractivity contribution in [2.24, 2.45) is 0 Å². The van der Waals surface area contributed by atoms with E-state index in [0.29, 0.717) is 0 Å². The van der Waals surface area contributed by atoms with E-state index in [2.05, 4.69) is 9.05 Å². The molecule has 0 aromatic heterocycles. The van der Waals surface area contributed by atoms with Gasteiger partial charge in [-0.1, -0.05) is 13.3 Å². The Labute approximate surface area is 73.8 Å². The smallest absolute Gasteiger partial charge is 0.290 e. The number of hydrogen-bond donors (Lipinski definition) is 0. The van der Waals surface area contributed by atoms with Crippen molar-refractivity contribution in [3.8, 4) is 0 Å². The van der Waals surface area contributed by atoms with Crippen LogP contribution >= 0.6 is 7.82 Å². The summed E-state index contributed by atoms with van der Waals surface area (Å²) in [5.41, 5.74) is 0.